The summed E-state index contributed by atoms with van der Waals surface area (Å²) < 4.78 is 0. The summed E-state index contributed by atoms with van der Waals surface area (Å²) in [7, 11) is 0. The van der Waals surface area contributed by atoms with Crippen LogP contribution < -0.4 is 11.1 Å². The Kier molecular flexibility index (Phi) is 4.46. The predicted molar refractivity (Wildman–Crippen MR) is 87.3 cm³/mol. The quantitative estimate of drug-likeness (QED) is 0.878. The van der Waals surface area contributed by atoms with Crippen LogP contribution in [0.2, 0.25) is 0 Å². The fourth-order valence-electron chi connectivity index (χ4n) is 2.93. The van der Waals surface area contributed by atoms with Crippen molar-refractivity contribution in [2.75, 3.05) is 11.9 Å². The highest BCUT2D eigenvalue weighted by Gasteiger charge is 2.15. The molecule has 0 heterocycles. The number of nitrogens with one attached hydrogen (secondary N) is 1. The average molecular weight is 268 g/mol. The lowest BCUT2D eigenvalue weighted by molar-refractivity contribution is 0.776. The Bertz CT molecular complexity index is 579. The first-order chi connectivity index (χ1) is 9.51. The van der Waals surface area contributed by atoms with E-state index < -0.39 is 0 Å². The minimum Gasteiger partial charge on any atom is -0.377 e. The first-order valence-corrected chi connectivity index (χ1v) is 7.12. The Morgan fingerprint density at radius 1 is 0.950 bits per heavy atom. The van der Waals surface area contributed by atoms with Crippen molar-refractivity contribution in [1.29, 1.82) is 0 Å². The van der Waals surface area contributed by atoms with Crippen molar-refractivity contribution < 1.29 is 0 Å². The van der Waals surface area contributed by atoms with Crippen LogP contribution in [0.3, 0.4) is 0 Å². The molecule has 1 atom stereocenters. The summed E-state index contributed by atoms with van der Waals surface area (Å²) in [6, 6.07) is 13.0. The van der Waals surface area contributed by atoms with Crippen LogP contribution in [-0.2, 0) is 0 Å². The number of nitrogens with two attached hydrogens (primary N) is 1. The molecule has 0 spiro atoms. The van der Waals surface area contributed by atoms with Gasteiger partial charge in [-0.25, -0.2) is 0 Å². The van der Waals surface area contributed by atoms with Gasteiger partial charge in [-0.2, -0.15) is 0 Å². The van der Waals surface area contributed by atoms with Crippen molar-refractivity contribution >= 4 is 5.69 Å². The number of hydrogen-bond donors (Lipinski definition) is 2. The molecule has 0 aromatic heterocycles. The molecule has 3 N–H and O–H groups in total. The maximum Gasteiger partial charge on any atom is 0.0641 e. The third kappa shape index (κ3) is 3.20. The molecule has 2 aromatic carbocycles. The van der Waals surface area contributed by atoms with E-state index in [4.69, 9.17) is 5.73 Å². The molecule has 0 saturated heterocycles. The summed E-state index contributed by atoms with van der Waals surface area (Å²) in [6.45, 7) is 9.14. The monoisotopic (exact) mass is 268 g/mol. The predicted octanol–water partition coefficient (Wildman–Crippen LogP) is 4.03. The number of hydrogen-bond acceptors (Lipinski definition) is 2. The molecule has 0 bridgehead atoms. The lowest BCUT2D eigenvalue weighted by atomic mass is 9.94. The lowest BCUT2D eigenvalue weighted by Crippen LogP contribution is -2.22. The number of benzene rings is 2. The summed E-state index contributed by atoms with van der Waals surface area (Å²) >= 11 is 0. The zero-order valence-corrected chi connectivity index (χ0v) is 12.8. The molecule has 0 saturated carbocycles. The fraction of sp³-hybridized carbons (Fsp3) is 0.333. The molecule has 0 aliphatic carbocycles. The second-order valence-electron chi connectivity index (χ2n) is 5.61. The smallest absolute Gasteiger partial charge is 0.0641 e. The number of aryl methyl sites for hydroxylation is 4. The fourth-order valence-corrected chi connectivity index (χ4v) is 2.93. The zero-order chi connectivity index (χ0) is 14.7. The summed E-state index contributed by atoms with van der Waals surface area (Å²) in [5.74, 6) is 0. The van der Waals surface area contributed by atoms with E-state index in [0.29, 0.717) is 6.54 Å². The van der Waals surface area contributed by atoms with Crippen LogP contribution in [-0.4, -0.2) is 6.54 Å². The van der Waals surface area contributed by atoms with Crippen molar-refractivity contribution in [3.05, 3.63) is 64.2 Å². The van der Waals surface area contributed by atoms with E-state index in [9.17, 15) is 0 Å². The first-order valence-electron chi connectivity index (χ1n) is 7.12. The molecular formula is C18H24N2. The van der Waals surface area contributed by atoms with E-state index in [1.807, 2.05) is 0 Å². The van der Waals surface area contributed by atoms with Crippen LogP contribution in [0.25, 0.3) is 0 Å². The Morgan fingerprint density at radius 3 is 2.15 bits per heavy atom. The first kappa shape index (κ1) is 14.6. The Morgan fingerprint density at radius 2 is 1.60 bits per heavy atom. The number of anilines is 1. The second-order valence-corrected chi connectivity index (χ2v) is 5.61. The maximum absolute atomic E-state index is 6.00. The van der Waals surface area contributed by atoms with Crippen LogP contribution >= 0.6 is 0 Å². The van der Waals surface area contributed by atoms with Gasteiger partial charge in [-0.3, -0.25) is 0 Å². The van der Waals surface area contributed by atoms with Gasteiger partial charge in [-0.05, 0) is 62.1 Å². The van der Waals surface area contributed by atoms with Gasteiger partial charge in [0, 0.05) is 12.2 Å². The molecule has 0 fully saturated rings. The normalized spacial score (nSPS) is 12.2. The molecule has 0 aliphatic heterocycles. The Labute approximate surface area is 122 Å². The van der Waals surface area contributed by atoms with Gasteiger partial charge in [-0.1, -0.05) is 29.8 Å². The minimum absolute atomic E-state index is 0.150. The van der Waals surface area contributed by atoms with Gasteiger partial charge in [0.05, 0.1) is 6.04 Å². The van der Waals surface area contributed by atoms with E-state index in [1.165, 1.54) is 27.8 Å². The molecule has 0 amide bonds. The summed E-state index contributed by atoms with van der Waals surface area (Å²) in [4.78, 5) is 0. The van der Waals surface area contributed by atoms with E-state index in [0.717, 1.165) is 5.69 Å². The van der Waals surface area contributed by atoms with E-state index in [-0.39, 0.29) is 6.04 Å². The van der Waals surface area contributed by atoms with E-state index in [1.54, 1.807) is 0 Å². The highest BCUT2D eigenvalue weighted by Crippen LogP contribution is 2.26. The van der Waals surface area contributed by atoms with Gasteiger partial charge in [-0.15, -0.1) is 0 Å². The average Bonchev–Trinajstić information content (AvgIpc) is 2.36. The molecule has 0 radical (unpaired) electrons. The van der Waals surface area contributed by atoms with Gasteiger partial charge < -0.3 is 11.1 Å². The van der Waals surface area contributed by atoms with Crippen molar-refractivity contribution in [3.8, 4) is 0 Å². The van der Waals surface area contributed by atoms with Crippen molar-refractivity contribution in [2.45, 2.75) is 33.7 Å². The van der Waals surface area contributed by atoms with Crippen LogP contribution in [0.4, 0.5) is 5.69 Å². The SMILES string of the molecule is Cc1cccc(NC(CN)c2c(C)cc(C)cc2C)c1. The minimum atomic E-state index is 0.150. The van der Waals surface area contributed by atoms with Gasteiger partial charge in [0.15, 0.2) is 0 Å². The molecule has 2 nitrogen and oxygen atoms in total. The van der Waals surface area contributed by atoms with Crippen LogP contribution in [0, 0.1) is 27.7 Å². The van der Waals surface area contributed by atoms with Gasteiger partial charge >= 0.3 is 0 Å². The standard InChI is InChI=1S/C18H24N2/c1-12-6-5-7-16(10-12)20-17(11-19)18-14(3)8-13(2)9-15(18)4/h5-10,17,20H,11,19H2,1-4H3. The molecule has 1 unspecified atom stereocenters. The lowest BCUT2D eigenvalue weighted by Gasteiger charge is -2.23. The largest absolute Gasteiger partial charge is 0.377 e. The van der Waals surface area contributed by atoms with Gasteiger partial charge in [0.1, 0.15) is 0 Å². The molecule has 106 valence electrons. The highest BCUT2D eigenvalue weighted by molar-refractivity contribution is 5.50. The molecule has 2 rings (SSSR count). The van der Waals surface area contributed by atoms with Crippen molar-refractivity contribution in [2.24, 2.45) is 5.73 Å². The second kappa shape index (κ2) is 6.10. The summed E-state index contributed by atoms with van der Waals surface area (Å²) in [6.07, 6.45) is 0. The van der Waals surface area contributed by atoms with E-state index in [2.05, 4.69) is 69.4 Å². The molecule has 0 aliphatic rings. The van der Waals surface area contributed by atoms with Crippen LogP contribution in [0.5, 0.6) is 0 Å². The number of rotatable bonds is 4. The summed E-state index contributed by atoms with van der Waals surface area (Å²) in [5.41, 5.74) is 13.6. The third-order valence-corrected chi connectivity index (χ3v) is 3.68. The van der Waals surface area contributed by atoms with Crippen molar-refractivity contribution in [1.82, 2.24) is 0 Å². The highest BCUT2D eigenvalue weighted by atomic mass is 14.9. The molecule has 2 heteroatoms. The zero-order valence-electron chi connectivity index (χ0n) is 12.8. The third-order valence-electron chi connectivity index (χ3n) is 3.68. The summed E-state index contributed by atoms with van der Waals surface area (Å²) in [5, 5.41) is 3.56. The topological polar surface area (TPSA) is 38.0 Å². The van der Waals surface area contributed by atoms with Crippen molar-refractivity contribution in [3.63, 3.8) is 0 Å². The molecular weight excluding hydrogens is 244 g/mol. The van der Waals surface area contributed by atoms with Gasteiger partial charge in [0.25, 0.3) is 0 Å². The van der Waals surface area contributed by atoms with Gasteiger partial charge in [0.2, 0.25) is 0 Å². The molecule has 20 heavy (non-hydrogen) atoms. The van der Waals surface area contributed by atoms with Crippen LogP contribution in [0.1, 0.15) is 33.9 Å². The molecule has 2 aromatic rings. The van der Waals surface area contributed by atoms with Crippen LogP contribution in [0.15, 0.2) is 36.4 Å². The maximum atomic E-state index is 6.00. The Balaban J connectivity index is 2.34. The van der Waals surface area contributed by atoms with E-state index >= 15 is 0 Å². The Hall–Kier alpha value is -1.80.